The number of methoxy groups -OCH3 is 1. The van der Waals surface area contributed by atoms with Gasteiger partial charge in [-0.25, -0.2) is 0 Å². The Morgan fingerprint density at radius 3 is 2.62 bits per heavy atom. The first kappa shape index (κ1) is 13.4. The van der Waals surface area contributed by atoms with Gasteiger partial charge in [0.25, 0.3) is 0 Å². The second kappa shape index (κ2) is 5.58. The molecule has 1 fully saturated rings. The van der Waals surface area contributed by atoms with Gasteiger partial charge in [0.15, 0.2) is 6.29 Å². The van der Waals surface area contributed by atoms with Crippen LogP contribution in [0.5, 0.6) is 0 Å². The van der Waals surface area contributed by atoms with Crippen LogP contribution in [0.2, 0.25) is 0 Å². The zero-order valence-electron chi connectivity index (χ0n) is 9.71. The smallest absolute Gasteiger partial charge is 0.217 e. The molecule has 0 aromatic carbocycles. The number of nitrogens with one attached hydrogen (secondary N) is 1. The first-order chi connectivity index (χ1) is 7.51. The highest BCUT2D eigenvalue weighted by molar-refractivity contribution is 5.73. The van der Waals surface area contributed by atoms with Crippen molar-refractivity contribution in [2.75, 3.05) is 13.7 Å². The van der Waals surface area contributed by atoms with Crippen molar-refractivity contribution in [2.24, 2.45) is 5.92 Å². The largest absolute Gasteiger partial charge is 0.394 e. The number of ether oxygens (including phenoxy) is 2. The summed E-state index contributed by atoms with van der Waals surface area (Å²) in [5, 5.41) is 21.7. The number of aliphatic hydroxyl groups excluding tert-OH is 2. The molecule has 6 heteroatoms. The van der Waals surface area contributed by atoms with Crippen molar-refractivity contribution in [1.82, 2.24) is 5.32 Å². The van der Waals surface area contributed by atoms with E-state index in [1.54, 1.807) is 6.92 Å². The molecule has 0 aromatic rings. The second-order valence-corrected chi connectivity index (χ2v) is 4.04. The van der Waals surface area contributed by atoms with E-state index >= 15 is 0 Å². The summed E-state index contributed by atoms with van der Waals surface area (Å²) in [5.74, 6) is -0.530. The SMILES string of the molecule is CO[C@@H]1O[C@H](CO)[C@@H](C)[C@H](O)[C@H]1NC(C)=O. The molecule has 3 N–H and O–H groups in total. The van der Waals surface area contributed by atoms with Gasteiger partial charge < -0.3 is 25.0 Å². The topological polar surface area (TPSA) is 88.0 Å². The van der Waals surface area contributed by atoms with Crippen molar-refractivity contribution < 1.29 is 24.5 Å². The summed E-state index contributed by atoms with van der Waals surface area (Å²) in [5.41, 5.74) is 0. The Bertz CT molecular complexity index is 245. The van der Waals surface area contributed by atoms with Crippen LogP contribution in [0.3, 0.4) is 0 Å². The fourth-order valence-electron chi connectivity index (χ4n) is 1.89. The third-order valence-electron chi connectivity index (χ3n) is 2.88. The highest BCUT2D eigenvalue weighted by Crippen LogP contribution is 2.26. The maximum Gasteiger partial charge on any atom is 0.217 e. The molecular formula is C10H19NO5. The van der Waals surface area contributed by atoms with E-state index in [4.69, 9.17) is 14.6 Å². The van der Waals surface area contributed by atoms with Gasteiger partial charge in [0.2, 0.25) is 5.91 Å². The highest BCUT2D eigenvalue weighted by Gasteiger charge is 2.43. The Kier molecular flexibility index (Phi) is 4.67. The molecule has 0 spiro atoms. The molecule has 1 rings (SSSR count). The fraction of sp³-hybridized carbons (Fsp3) is 0.900. The molecule has 0 aliphatic carbocycles. The Balaban J connectivity index is 2.77. The van der Waals surface area contributed by atoms with Crippen LogP contribution in [-0.2, 0) is 14.3 Å². The Labute approximate surface area is 94.5 Å². The molecule has 1 heterocycles. The van der Waals surface area contributed by atoms with E-state index < -0.39 is 24.5 Å². The van der Waals surface area contributed by atoms with Gasteiger partial charge in [-0.3, -0.25) is 4.79 Å². The van der Waals surface area contributed by atoms with Crippen LogP contribution in [0.1, 0.15) is 13.8 Å². The molecule has 0 unspecified atom stereocenters. The molecule has 0 saturated carbocycles. The van der Waals surface area contributed by atoms with Crippen LogP contribution in [0.25, 0.3) is 0 Å². The average Bonchev–Trinajstić information content (AvgIpc) is 2.25. The third-order valence-corrected chi connectivity index (χ3v) is 2.88. The molecule has 0 aromatic heterocycles. The van der Waals surface area contributed by atoms with Crippen LogP contribution in [-0.4, -0.2) is 54.4 Å². The Morgan fingerprint density at radius 1 is 1.56 bits per heavy atom. The van der Waals surface area contributed by atoms with E-state index in [2.05, 4.69) is 5.32 Å². The minimum atomic E-state index is -0.806. The molecule has 1 amide bonds. The number of aliphatic hydroxyl groups is 2. The lowest BCUT2D eigenvalue weighted by molar-refractivity contribution is -0.245. The molecule has 0 radical (unpaired) electrons. The number of rotatable bonds is 3. The van der Waals surface area contributed by atoms with E-state index in [-0.39, 0.29) is 18.4 Å². The fourth-order valence-corrected chi connectivity index (χ4v) is 1.89. The van der Waals surface area contributed by atoms with Gasteiger partial charge in [0.05, 0.1) is 18.8 Å². The molecule has 1 aliphatic heterocycles. The lowest BCUT2D eigenvalue weighted by Crippen LogP contribution is -2.61. The summed E-state index contributed by atoms with van der Waals surface area (Å²) in [6.45, 7) is 2.93. The molecule has 94 valence electrons. The predicted molar refractivity (Wildman–Crippen MR) is 55.5 cm³/mol. The molecular weight excluding hydrogens is 214 g/mol. The lowest BCUT2D eigenvalue weighted by atomic mass is 9.89. The molecule has 5 atom stereocenters. The monoisotopic (exact) mass is 233 g/mol. The Hall–Kier alpha value is -0.690. The summed E-state index contributed by atoms with van der Waals surface area (Å²) in [6, 6.07) is -0.611. The van der Waals surface area contributed by atoms with Crippen LogP contribution in [0.4, 0.5) is 0 Å². The van der Waals surface area contributed by atoms with Crippen molar-refractivity contribution in [1.29, 1.82) is 0 Å². The molecule has 1 aliphatic rings. The number of hydrogen-bond donors (Lipinski definition) is 3. The van der Waals surface area contributed by atoms with Gasteiger partial charge in [-0.05, 0) is 0 Å². The van der Waals surface area contributed by atoms with Gasteiger partial charge in [-0.15, -0.1) is 0 Å². The molecule has 1 saturated heterocycles. The van der Waals surface area contributed by atoms with Gasteiger partial charge in [-0.1, -0.05) is 6.92 Å². The molecule has 0 bridgehead atoms. The molecule has 16 heavy (non-hydrogen) atoms. The highest BCUT2D eigenvalue weighted by atomic mass is 16.7. The minimum Gasteiger partial charge on any atom is -0.394 e. The van der Waals surface area contributed by atoms with Crippen LogP contribution in [0, 0.1) is 5.92 Å². The summed E-state index contributed by atoms with van der Waals surface area (Å²) >= 11 is 0. The number of carbonyl (C=O) groups excluding carboxylic acids is 1. The zero-order valence-corrected chi connectivity index (χ0v) is 9.71. The van der Waals surface area contributed by atoms with Crippen molar-refractivity contribution in [3.05, 3.63) is 0 Å². The predicted octanol–water partition coefficient (Wildman–Crippen LogP) is -1.15. The summed E-state index contributed by atoms with van der Waals surface area (Å²) < 4.78 is 10.5. The first-order valence-corrected chi connectivity index (χ1v) is 5.25. The van der Waals surface area contributed by atoms with Crippen LogP contribution in [0.15, 0.2) is 0 Å². The van der Waals surface area contributed by atoms with E-state index in [0.29, 0.717) is 0 Å². The standard InChI is InChI=1S/C10H19NO5/c1-5-7(4-12)16-10(15-3)8(9(5)14)11-6(2)13/h5,7-10,12,14H,4H2,1-3H3,(H,11,13)/t5-,7-,8-,9+,10-/m1/s1. The number of hydrogen-bond acceptors (Lipinski definition) is 5. The van der Waals surface area contributed by atoms with Crippen molar-refractivity contribution in [3.8, 4) is 0 Å². The van der Waals surface area contributed by atoms with Crippen LogP contribution >= 0.6 is 0 Å². The van der Waals surface area contributed by atoms with Gasteiger partial charge in [0.1, 0.15) is 6.04 Å². The number of carbonyl (C=O) groups is 1. The van der Waals surface area contributed by atoms with E-state index in [9.17, 15) is 9.90 Å². The average molecular weight is 233 g/mol. The summed E-state index contributed by atoms with van der Waals surface area (Å²) in [4.78, 5) is 11.0. The lowest BCUT2D eigenvalue weighted by Gasteiger charge is -2.42. The molecule has 6 nitrogen and oxygen atoms in total. The number of amides is 1. The quantitative estimate of drug-likeness (QED) is 0.573. The minimum absolute atomic E-state index is 0.190. The summed E-state index contributed by atoms with van der Waals surface area (Å²) in [6.07, 6.45) is -2.03. The summed E-state index contributed by atoms with van der Waals surface area (Å²) in [7, 11) is 1.43. The first-order valence-electron chi connectivity index (χ1n) is 5.25. The maximum absolute atomic E-state index is 11.0. The maximum atomic E-state index is 11.0. The van der Waals surface area contributed by atoms with Crippen molar-refractivity contribution in [3.63, 3.8) is 0 Å². The van der Waals surface area contributed by atoms with E-state index in [1.807, 2.05) is 0 Å². The van der Waals surface area contributed by atoms with Crippen molar-refractivity contribution in [2.45, 2.75) is 38.4 Å². The third kappa shape index (κ3) is 2.70. The van der Waals surface area contributed by atoms with Gasteiger partial charge >= 0.3 is 0 Å². The van der Waals surface area contributed by atoms with E-state index in [1.165, 1.54) is 14.0 Å². The zero-order chi connectivity index (χ0) is 12.3. The van der Waals surface area contributed by atoms with Crippen molar-refractivity contribution >= 4 is 5.91 Å². The Morgan fingerprint density at radius 2 is 2.19 bits per heavy atom. The van der Waals surface area contributed by atoms with E-state index in [0.717, 1.165) is 0 Å². The van der Waals surface area contributed by atoms with Crippen LogP contribution < -0.4 is 5.32 Å². The second-order valence-electron chi connectivity index (χ2n) is 4.04. The normalized spacial score (nSPS) is 39.4. The van der Waals surface area contributed by atoms with Gasteiger partial charge in [0, 0.05) is 20.0 Å². The van der Waals surface area contributed by atoms with Gasteiger partial charge in [-0.2, -0.15) is 0 Å².